The minimum Gasteiger partial charge on any atom is -0.0613 e. The van der Waals surface area contributed by atoms with Gasteiger partial charge >= 0.3 is 0 Å². The van der Waals surface area contributed by atoms with Crippen LogP contribution in [0.2, 0.25) is 0 Å². The van der Waals surface area contributed by atoms with Gasteiger partial charge in [0.1, 0.15) is 0 Å². The van der Waals surface area contributed by atoms with Gasteiger partial charge in [0.25, 0.3) is 0 Å². The predicted octanol–water partition coefficient (Wildman–Crippen LogP) is 4.02. The van der Waals surface area contributed by atoms with Gasteiger partial charge in [0, 0.05) is 0 Å². The van der Waals surface area contributed by atoms with E-state index in [1.165, 1.54) is 27.5 Å². The van der Waals surface area contributed by atoms with Crippen molar-refractivity contribution in [2.45, 2.75) is 27.2 Å². The number of hydrogen-bond acceptors (Lipinski definition) is 0. The maximum atomic E-state index is 2.32. The molecule has 14 heavy (non-hydrogen) atoms. The SMILES string of the molecule is CCc1ccc2ccc(C)c(C)c2c1. The first kappa shape index (κ1) is 9.26. The van der Waals surface area contributed by atoms with Gasteiger partial charge in [-0.15, -0.1) is 0 Å². The van der Waals surface area contributed by atoms with E-state index in [1.54, 1.807) is 0 Å². The number of rotatable bonds is 1. The van der Waals surface area contributed by atoms with Crippen LogP contribution in [0, 0.1) is 13.8 Å². The summed E-state index contributed by atoms with van der Waals surface area (Å²) in [7, 11) is 0. The van der Waals surface area contributed by atoms with Crippen LogP contribution in [0.3, 0.4) is 0 Å². The topological polar surface area (TPSA) is 0 Å². The van der Waals surface area contributed by atoms with Crippen molar-refractivity contribution in [2.24, 2.45) is 0 Å². The lowest BCUT2D eigenvalue weighted by Crippen LogP contribution is -1.86. The van der Waals surface area contributed by atoms with Gasteiger partial charge in [0.15, 0.2) is 0 Å². The first-order chi connectivity index (χ1) is 6.72. The Hall–Kier alpha value is -1.30. The fourth-order valence-electron chi connectivity index (χ4n) is 1.85. The van der Waals surface area contributed by atoms with Gasteiger partial charge in [-0.05, 0) is 47.7 Å². The summed E-state index contributed by atoms with van der Waals surface area (Å²) in [5, 5.41) is 2.76. The number of hydrogen-bond donors (Lipinski definition) is 0. The molecule has 0 fully saturated rings. The maximum Gasteiger partial charge on any atom is -0.0149 e. The molecule has 0 radical (unpaired) electrons. The Morgan fingerprint density at radius 3 is 2.43 bits per heavy atom. The number of fused-ring (bicyclic) bond motifs is 1. The number of benzene rings is 2. The van der Waals surface area contributed by atoms with E-state index >= 15 is 0 Å². The summed E-state index contributed by atoms with van der Waals surface area (Å²) in [5.41, 5.74) is 4.22. The molecule has 72 valence electrons. The zero-order valence-electron chi connectivity index (χ0n) is 9.09. The Kier molecular flexibility index (Phi) is 2.28. The molecule has 0 bridgehead atoms. The molecular weight excluding hydrogens is 168 g/mol. The van der Waals surface area contributed by atoms with Crippen molar-refractivity contribution in [2.75, 3.05) is 0 Å². The van der Waals surface area contributed by atoms with E-state index in [0.717, 1.165) is 6.42 Å². The molecule has 0 amide bonds. The lowest BCUT2D eigenvalue weighted by atomic mass is 9.98. The fourth-order valence-corrected chi connectivity index (χ4v) is 1.85. The maximum absolute atomic E-state index is 2.32. The molecule has 2 aromatic rings. The van der Waals surface area contributed by atoms with Crippen LogP contribution in [0.5, 0.6) is 0 Å². The second-order valence-corrected chi connectivity index (χ2v) is 3.92. The van der Waals surface area contributed by atoms with Crippen molar-refractivity contribution in [1.29, 1.82) is 0 Å². The molecule has 0 spiro atoms. The zero-order chi connectivity index (χ0) is 10.1. The molecule has 0 aromatic heterocycles. The van der Waals surface area contributed by atoms with Crippen LogP contribution in [0.1, 0.15) is 23.6 Å². The van der Waals surface area contributed by atoms with Crippen molar-refractivity contribution >= 4 is 10.8 Å². The molecule has 0 atom stereocenters. The third-order valence-electron chi connectivity index (χ3n) is 3.03. The van der Waals surface area contributed by atoms with Crippen molar-refractivity contribution in [1.82, 2.24) is 0 Å². The van der Waals surface area contributed by atoms with Crippen LogP contribution in [-0.2, 0) is 6.42 Å². The molecule has 0 aliphatic rings. The molecule has 0 heterocycles. The third kappa shape index (κ3) is 1.41. The average Bonchev–Trinajstić information content (AvgIpc) is 2.23. The van der Waals surface area contributed by atoms with Crippen LogP contribution in [-0.4, -0.2) is 0 Å². The zero-order valence-corrected chi connectivity index (χ0v) is 9.09. The van der Waals surface area contributed by atoms with E-state index in [-0.39, 0.29) is 0 Å². The highest BCUT2D eigenvalue weighted by atomic mass is 14.0. The van der Waals surface area contributed by atoms with Crippen LogP contribution < -0.4 is 0 Å². The van der Waals surface area contributed by atoms with E-state index in [9.17, 15) is 0 Å². The lowest BCUT2D eigenvalue weighted by molar-refractivity contribution is 1.14. The van der Waals surface area contributed by atoms with Crippen LogP contribution in [0.4, 0.5) is 0 Å². The minimum absolute atomic E-state index is 1.11. The number of aryl methyl sites for hydroxylation is 3. The van der Waals surface area contributed by atoms with Gasteiger partial charge in [-0.2, -0.15) is 0 Å². The summed E-state index contributed by atoms with van der Waals surface area (Å²) in [4.78, 5) is 0. The highest BCUT2D eigenvalue weighted by molar-refractivity contribution is 5.87. The highest BCUT2D eigenvalue weighted by Crippen LogP contribution is 2.22. The molecule has 0 aliphatic heterocycles. The van der Waals surface area contributed by atoms with E-state index in [1.807, 2.05) is 0 Å². The van der Waals surface area contributed by atoms with Crippen LogP contribution >= 0.6 is 0 Å². The van der Waals surface area contributed by atoms with Gasteiger partial charge in [0.2, 0.25) is 0 Å². The van der Waals surface area contributed by atoms with Crippen LogP contribution in [0.25, 0.3) is 10.8 Å². The first-order valence-corrected chi connectivity index (χ1v) is 5.21. The second-order valence-electron chi connectivity index (χ2n) is 3.92. The molecule has 0 nitrogen and oxygen atoms in total. The van der Waals surface area contributed by atoms with Gasteiger partial charge in [-0.25, -0.2) is 0 Å². The second kappa shape index (κ2) is 3.45. The highest BCUT2D eigenvalue weighted by Gasteiger charge is 2.00. The van der Waals surface area contributed by atoms with Crippen molar-refractivity contribution in [3.8, 4) is 0 Å². The molecular formula is C14H16. The fraction of sp³-hybridized carbons (Fsp3) is 0.286. The summed E-state index contributed by atoms with van der Waals surface area (Å²) >= 11 is 0. The summed E-state index contributed by atoms with van der Waals surface area (Å²) in [6, 6.07) is 11.2. The Bertz CT molecular complexity index is 467. The summed E-state index contributed by atoms with van der Waals surface area (Å²) in [5.74, 6) is 0. The largest absolute Gasteiger partial charge is 0.0613 e. The van der Waals surface area contributed by atoms with Gasteiger partial charge in [-0.1, -0.05) is 37.3 Å². The average molecular weight is 184 g/mol. The lowest BCUT2D eigenvalue weighted by Gasteiger charge is -2.07. The van der Waals surface area contributed by atoms with Crippen molar-refractivity contribution in [3.63, 3.8) is 0 Å². The monoisotopic (exact) mass is 184 g/mol. The molecule has 2 rings (SSSR count). The smallest absolute Gasteiger partial charge is 0.0149 e. The van der Waals surface area contributed by atoms with Gasteiger partial charge in [-0.3, -0.25) is 0 Å². The summed E-state index contributed by atoms with van der Waals surface area (Å²) in [6.07, 6.45) is 1.11. The third-order valence-corrected chi connectivity index (χ3v) is 3.03. The van der Waals surface area contributed by atoms with E-state index in [0.29, 0.717) is 0 Å². The predicted molar refractivity (Wildman–Crippen MR) is 62.8 cm³/mol. The minimum atomic E-state index is 1.11. The summed E-state index contributed by atoms with van der Waals surface area (Å²) in [6.45, 7) is 6.58. The van der Waals surface area contributed by atoms with Crippen molar-refractivity contribution in [3.05, 3.63) is 47.0 Å². The van der Waals surface area contributed by atoms with E-state index in [2.05, 4.69) is 51.1 Å². The van der Waals surface area contributed by atoms with Crippen molar-refractivity contribution < 1.29 is 0 Å². The first-order valence-electron chi connectivity index (χ1n) is 5.21. The Morgan fingerprint density at radius 2 is 1.71 bits per heavy atom. The summed E-state index contributed by atoms with van der Waals surface area (Å²) < 4.78 is 0. The molecule has 0 saturated heterocycles. The standard InChI is InChI=1S/C14H16/c1-4-12-6-8-13-7-5-10(2)11(3)14(13)9-12/h5-9H,4H2,1-3H3. The molecule has 0 saturated carbocycles. The Morgan fingerprint density at radius 1 is 1.00 bits per heavy atom. The quantitative estimate of drug-likeness (QED) is 0.628. The van der Waals surface area contributed by atoms with Crippen LogP contribution in [0.15, 0.2) is 30.3 Å². The molecule has 0 N–H and O–H groups in total. The molecule has 2 aromatic carbocycles. The molecule has 0 heteroatoms. The normalized spacial score (nSPS) is 10.8. The van der Waals surface area contributed by atoms with Gasteiger partial charge in [0.05, 0.1) is 0 Å². The van der Waals surface area contributed by atoms with E-state index < -0.39 is 0 Å². The van der Waals surface area contributed by atoms with Gasteiger partial charge < -0.3 is 0 Å². The molecule has 0 unspecified atom stereocenters. The Labute approximate surface area is 85.6 Å². The Balaban J connectivity index is 2.78. The molecule has 0 aliphatic carbocycles. The van der Waals surface area contributed by atoms with E-state index in [4.69, 9.17) is 0 Å².